The normalized spacial score (nSPS) is 11.8. The van der Waals surface area contributed by atoms with E-state index in [1.807, 2.05) is 77.9 Å². The summed E-state index contributed by atoms with van der Waals surface area (Å²) in [6.07, 6.45) is 1.80. The van der Waals surface area contributed by atoms with Crippen molar-refractivity contribution in [2.45, 2.75) is 30.8 Å². The molecule has 0 saturated carbocycles. The lowest BCUT2D eigenvalue weighted by Gasteiger charge is -2.25. The highest BCUT2D eigenvalue weighted by molar-refractivity contribution is 8.00. The zero-order chi connectivity index (χ0) is 21.5. The Morgan fingerprint density at radius 2 is 1.80 bits per heavy atom. The number of carbonyl (C=O) groups is 1. The smallest absolute Gasteiger partial charge is 0.240 e. The summed E-state index contributed by atoms with van der Waals surface area (Å²) in [6.45, 7) is 9.72. The fraction of sp³-hybridized carbons (Fsp3) is 0.261. The van der Waals surface area contributed by atoms with Crippen molar-refractivity contribution in [3.05, 3.63) is 77.8 Å². The third kappa shape index (κ3) is 4.94. The second-order valence-electron chi connectivity index (χ2n) is 6.63. The molecule has 30 heavy (non-hydrogen) atoms. The molecule has 0 spiro atoms. The summed E-state index contributed by atoms with van der Waals surface area (Å²) < 4.78 is 1.98. The monoisotopic (exact) mass is 440 g/mol. The predicted octanol–water partition coefficient (Wildman–Crippen LogP) is 5.49. The lowest BCUT2D eigenvalue weighted by molar-refractivity contribution is -0.130. The Labute approximate surface area is 186 Å². The average molecular weight is 441 g/mol. The molecule has 3 aromatic rings. The Hall–Kier alpha value is -2.57. The maximum absolute atomic E-state index is 13.3. The summed E-state index contributed by atoms with van der Waals surface area (Å²) in [4.78, 5) is 15.2. The molecule has 0 aliphatic carbocycles. The number of thioether (sulfide) groups is 1. The van der Waals surface area contributed by atoms with E-state index in [-0.39, 0.29) is 5.91 Å². The van der Waals surface area contributed by atoms with Gasteiger partial charge < -0.3 is 4.90 Å². The quantitative estimate of drug-likeness (QED) is 0.326. The van der Waals surface area contributed by atoms with Crippen LogP contribution in [-0.2, 0) is 11.3 Å². The Morgan fingerprint density at radius 1 is 1.13 bits per heavy atom. The summed E-state index contributed by atoms with van der Waals surface area (Å²) in [5.41, 5.74) is 1.85. The van der Waals surface area contributed by atoms with E-state index in [4.69, 9.17) is 11.6 Å². The minimum Gasteiger partial charge on any atom is -0.342 e. The Morgan fingerprint density at radius 3 is 2.40 bits per heavy atom. The van der Waals surface area contributed by atoms with E-state index in [1.54, 1.807) is 6.08 Å². The van der Waals surface area contributed by atoms with Gasteiger partial charge in [-0.2, -0.15) is 0 Å². The topological polar surface area (TPSA) is 51.0 Å². The fourth-order valence-corrected chi connectivity index (χ4v) is 4.43. The van der Waals surface area contributed by atoms with Crippen molar-refractivity contribution in [2.24, 2.45) is 0 Å². The van der Waals surface area contributed by atoms with Gasteiger partial charge in [-0.05, 0) is 43.7 Å². The largest absolute Gasteiger partial charge is 0.342 e. The first kappa shape index (κ1) is 22.1. The maximum atomic E-state index is 13.3. The van der Waals surface area contributed by atoms with E-state index in [1.165, 1.54) is 11.8 Å². The maximum Gasteiger partial charge on any atom is 0.240 e. The number of allylic oxidation sites excluding steroid dienone is 1. The Kier molecular flexibility index (Phi) is 7.71. The molecule has 1 heterocycles. The molecule has 2 aromatic carbocycles. The van der Waals surface area contributed by atoms with Crippen molar-refractivity contribution in [2.75, 3.05) is 13.1 Å². The lowest BCUT2D eigenvalue weighted by Crippen LogP contribution is -2.34. The molecule has 0 radical (unpaired) electrons. The number of hydrogen-bond donors (Lipinski definition) is 0. The van der Waals surface area contributed by atoms with Crippen molar-refractivity contribution in [1.29, 1.82) is 0 Å². The first-order valence-electron chi connectivity index (χ1n) is 9.89. The Balaban J connectivity index is 2.00. The van der Waals surface area contributed by atoms with Crippen LogP contribution in [-0.4, -0.2) is 38.7 Å². The molecule has 5 nitrogen and oxygen atoms in total. The molecule has 1 amide bonds. The second-order valence-corrected chi connectivity index (χ2v) is 8.14. The van der Waals surface area contributed by atoms with E-state index >= 15 is 0 Å². The number of aromatic nitrogens is 3. The minimum absolute atomic E-state index is 0.0670. The SMILES string of the molecule is C=CCn1c(S[C@H](C(=O)N(CC)CC)c2ccccc2)nnc1-c1ccc(Cl)cc1. The number of likely N-dealkylation sites (N-methyl/N-ethyl adjacent to an activating group) is 1. The van der Waals surface area contributed by atoms with Gasteiger partial charge in [-0.15, -0.1) is 16.8 Å². The van der Waals surface area contributed by atoms with Gasteiger partial charge in [0.05, 0.1) is 0 Å². The number of rotatable bonds is 9. The van der Waals surface area contributed by atoms with Gasteiger partial charge >= 0.3 is 0 Å². The zero-order valence-corrected chi connectivity index (χ0v) is 18.7. The number of hydrogen-bond acceptors (Lipinski definition) is 4. The molecule has 0 fully saturated rings. The molecule has 0 N–H and O–H groups in total. The number of halogens is 1. The van der Waals surface area contributed by atoms with Crippen LogP contribution in [0.3, 0.4) is 0 Å². The van der Waals surface area contributed by atoms with Crippen LogP contribution < -0.4 is 0 Å². The van der Waals surface area contributed by atoms with Gasteiger partial charge in [0, 0.05) is 30.2 Å². The molecular formula is C23H25ClN4OS. The van der Waals surface area contributed by atoms with Gasteiger partial charge in [0.25, 0.3) is 0 Å². The second kappa shape index (κ2) is 10.5. The van der Waals surface area contributed by atoms with Crippen LogP contribution in [0.2, 0.25) is 5.02 Å². The van der Waals surface area contributed by atoms with Gasteiger partial charge in [0.2, 0.25) is 5.91 Å². The highest BCUT2D eigenvalue weighted by Gasteiger charge is 2.28. The third-order valence-corrected chi connectivity index (χ3v) is 6.23. The number of benzene rings is 2. The van der Waals surface area contributed by atoms with E-state index in [9.17, 15) is 4.79 Å². The first-order chi connectivity index (χ1) is 14.6. The van der Waals surface area contributed by atoms with Crippen LogP contribution in [0.4, 0.5) is 0 Å². The average Bonchev–Trinajstić information content (AvgIpc) is 3.16. The molecule has 0 bridgehead atoms. The van der Waals surface area contributed by atoms with Crippen molar-refractivity contribution in [1.82, 2.24) is 19.7 Å². The first-order valence-corrected chi connectivity index (χ1v) is 11.1. The highest BCUT2D eigenvalue weighted by Crippen LogP contribution is 2.37. The van der Waals surface area contributed by atoms with Gasteiger partial charge in [-0.3, -0.25) is 9.36 Å². The molecular weight excluding hydrogens is 416 g/mol. The fourth-order valence-electron chi connectivity index (χ4n) is 3.18. The molecule has 156 valence electrons. The molecule has 0 aliphatic heterocycles. The number of nitrogens with zero attached hydrogens (tertiary/aromatic N) is 4. The molecule has 1 aromatic heterocycles. The highest BCUT2D eigenvalue weighted by atomic mass is 35.5. The van der Waals surface area contributed by atoms with Gasteiger partial charge in [-0.1, -0.05) is 59.8 Å². The van der Waals surface area contributed by atoms with Crippen molar-refractivity contribution in [3.63, 3.8) is 0 Å². The van der Waals surface area contributed by atoms with Gasteiger partial charge in [-0.25, -0.2) is 0 Å². The molecule has 0 aliphatic rings. The van der Waals surface area contributed by atoms with Crippen LogP contribution in [0.15, 0.2) is 72.4 Å². The van der Waals surface area contributed by atoms with E-state index in [0.717, 1.165) is 17.0 Å². The van der Waals surface area contributed by atoms with Crippen molar-refractivity contribution >= 4 is 29.3 Å². The molecule has 3 rings (SSSR count). The standard InChI is InChI=1S/C23H25ClN4OS/c1-4-16-28-21(18-12-14-19(24)15-13-18)25-26-23(28)30-20(17-10-8-7-9-11-17)22(29)27(5-2)6-3/h4,7-15,20H,1,5-6,16H2,2-3H3/t20-/m0/s1. The van der Waals surface area contributed by atoms with Crippen molar-refractivity contribution < 1.29 is 4.79 Å². The number of carbonyl (C=O) groups excluding carboxylic acids is 1. The lowest BCUT2D eigenvalue weighted by atomic mass is 10.1. The van der Waals surface area contributed by atoms with Crippen LogP contribution in [0.5, 0.6) is 0 Å². The minimum atomic E-state index is -0.406. The molecule has 1 atom stereocenters. The third-order valence-electron chi connectivity index (χ3n) is 4.76. The summed E-state index contributed by atoms with van der Waals surface area (Å²) in [5.74, 6) is 0.786. The summed E-state index contributed by atoms with van der Waals surface area (Å²) in [7, 11) is 0. The van der Waals surface area contributed by atoms with Gasteiger partial charge in [0.1, 0.15) is 5.25 Å². The van der Waals surface area contributed by atoms with Gasteiger partial charge in [0.15, 0.2) is 11.0 Å². The zero-order valence-electron chi connectivity index (χ0n) is 17.2. The summed E-state index contributed by atoms with van der Waals surface area (Å²) in [6, 6.07) is 17.3. The predicted molar refractivity (Wildman–Crippen MR) is 124 cm³/mol. The van der Waals surface area contributed by atoms with E-state index < -0.39 is 5.25 Å². The van der Waals surface area contributed by atoms with Crippen LogP contribution in [0.25, 0.3) is 11.4 Å². The number of amides is 1. The molecule has 7 heteroatoms. The van der Waals surface area contributed by atoms with Crippen LogP contribution in [0, 0.1) is 0 Å². The Bertz CT molecular complexity index is 984. The van der Waals surface area contributed by atoms with Crippen LogP contribution >= 0.6 is 23.4 Å². The summed E-state index contributed by atoms with van der Waals surface area (Å²) in [5, 5.41) is 9.75. The van der Waals surface area contributed by atoms with E-state index in [2.05, 4.69) is 16.8 Å². The molecule has 0 unspecified atom stereocenters. The van der Waals surface area contributed by atoms with Crippen LogP contribution in [0.1, 0.15) is 24.7 Å². The molecule has 0 saturated heterocycles. The summed E-state index contributed by atoms with van der Waals surface area (Å²) >= 11 is 7.45. The van der Waals surface area contributed by atoms with Crippen molar-refractivity contribution in [3.8, 4) is 11.4 Å². The van der Waals surface area contributed by atoms with E-state index in [0.29, 0.717) is 29.8 Å².